The largest absolute Gasteiger partial charge is 0.391 e. The first-order chi connectivity index (χ1) is 8.16. The lowest BCUT2D eigenvalue weighted by Crippen LogP contribution is -2.12. The average Bonchev–Trinajstić information content (AvgIpc) is 2.78. The van der Waals surface area contributed by atoms with Crippen LogP contribution in [0.2, 0.25) is 0 Å². The zero-order valence-electron chi connectivity index (χ0n) is 9.17. The number of alkyl halides is 1. The topological polar surface area (TPSA) is 61.8 Å². The van der Waals surface area contributed by atoms with E-state index < -0.39 is 10.8 Å². The van der Waals surface area contributed by atoms with Gasteiger partial charge in [0.1, 0.15) is 4.71 Å². The Bertz CT molecular complexity index is 475. The molecule has 0 aliphatic rings. The van der Waals surface area contributed by atoms with E-state index in [1.54, 1.807) is 6.92 Å². The molecule has 2 aromatic rings. The lowest BCUT2D eigenvalue weighted by Gasteiger charge is -2.08. The van der Waals surface area contributed by atoms with Crippen molar-refractivity contribution in [3.05, 3.63) is 30.3 Å². The number of thioether (sulfide) groups is 1. The Kier molecular flexibility index (Phi) is 4.04. The first-order valence-electron chi connectivity index (χ1n) is 5.13. The molecule has 0 saturated carbocycles. The minimum absolute atomic E-state index is 0.450. The Morgan fingerprint density at radius 1 is 1.35 bits per heavy atom. The quantitative estimate of drug-likeness (QED) is 0.661. The van der Waals surface area contributed by atoms with Crippen molar-refractivity contribution in [2.45, 2.75) is 22.9 Å². The molecule has 0 bridgehead atoms. The summed E-state index contributed by atoms with van der Waals surface area (Å²) in [5.41, 5.74) is 0.968. The van der Waals surface area contributed by atoms with E-state index in [-0.39, 0.29) is 0 Å². The highest BCUT2D eigenvalue weighted by Crippen LogP contribution is 2.26. The van der Waals surface area contributed by atoms with Crippen LogP contribution >= 0.6 is 23.4 Å². The molecule has 2 rings (SSSR count). The van der Waals surface area contributed by atoms with E-state index in [4.69, 9.17) is 11.6 Å². The zero-order chi connectivity index (χ0) is 12.3. The summed E-state index contributed by atoms with van der Waals surface area (Å²) in [7, 11) is 0. The van der Waals surface area contributed by atoms with Gasteiger partial charge in [0.15, 0.2) is 5.82 Å². The SMILES string of the molecule is CC(O)C(Cl)Sc1n[nH]c(-c2ccccc2)n1. The summed E-state index contributed by atoms with van der Waals surface area (Å²) in [4.78, 5) is 4.30. The van der Waals surface area contributed by atoms with Gasteiger partial charge in [0, 0.05) is 5.56 Å². The summed E-state index contributed by atoms with van der Waals surface area (Å²) in [6.07, 6.45) is -0.611. The highest BCUT2D eigenvalue weighted by atomic mass is 35.5. The molecule has 1 aromatic heterocycles. The minimum atomic E-state index is -0.611. The fourth-order valence-corrected chi connectivity index (χ4v) is 2.10. The van der Waals surface area contributed by atoms with Crippen molar-refractivity contribution in [1.82, 2.24) is 15.2 Å². The maximum absolute atomic E-state index is 9.29. The summed E-state index contributed by atoms with van der Waals surface area (Å²) in [6, 6.07) is 9.71. The van der Waals surface area contributed by atoms with Crippen LogP contribution in [0.1, 0.15) is 6.92 Å². The van der Waals surface area contributed by atoms with Gasteiger partial charge in [0.25, 0.3) is 0 Å². The van der Waals surface area contributed by atoms with Crippen LogP contribution < -0.4 is 0 Å². The highest BCUT2D eigenvalue weighted by Gasteiger charge is 2.16. The first kappa shape index (κ1) is 12.4. The minimum Gasteiger partial charge on any atom is -0.391 e. The number of nitrogens with zero attached hydrogens (tertiary/aromatic N) is 2. The third-order valence-electron chi connectivity index (χ3n) is 2.11. The van der Waals surface area contributed by atoms with Gasteiger partial charge in [-0.2, -0.15) is 0 Å². The standard InChI is InChI=1S/C11H12ClN3OS/c1-7(16)9(12)17-11-13-10(14-15-11)8-5-3-2-4-6-8/h2-7,9,16H,1H3,(H,13,14,15). The Hall–Kier alpha value is -1.04. The molecular weight excluding hydrogens is 258 g/mol. The second-order valence-corrected chi connectivity index (χ2v) is 5.38. The predicted molar refractivity (Wildman–Crippen MR) is 69.0 cm³/mol. The average molecular weight is 270 g/mol. The van der Waals surface area contributed by atoms with Crippen LogP contribution in [0, 0.1) is 0 Å². The van der Waals surface area contributed by atoms with Crippen LogP contribution in [-0.4, -0.2) is 31.1 Å². The number of aromatic nitrogens is 3. The number of halogens is 1. The van der Waals surface area contributed by atoms with E-state index in [1.807, 2.05) is 30.3 Å². The van der Waals surface area contributed by atoms with Crippen molar-refractivity contribution in [2.24, 2.45) is 0 Å². The number of benzene rings is 1. The molecule has 17 heavy (non-hydrogen) atoms. The molecule has 0 spiro atoms. The van der Waals surface area contributed by atoms with Crippen LogP contribution in [0.4, 0.5) is 0 Å². The van der Waals surface area contributed by atoms with Crippen LogP contribution in [0.5, 0.6) is 0 Å². The molecule has 1 aromatic carbocycles. The van der Waals surface area contributed by atoms with Gasteiger partial charge in [0.05, 0.1) is 6.10 Å². The Balaban J connectivity index is 2.12. The van der Waals surface area contributed by atoms with Crippen molar-refractivity contribution in [3.63, 3.8) is 0 Å². The number of rotatable bonds is 4. The summed E-state index contributed by atoms with van der Waals surface area (Å²) in [5, 5.41) is 16.7. The van der Waals surface area contributed by atoms with Crippen molar-refractivity contribution >= 4 is 23.4 Å². The maximum atomic E-state index is 9.29. The summed E-state index contributed by atoms with van der Waals surface area (Å²) in [5.74, 6) is 0.697. The summed E-state index contributed by atoms with van der Waals surface area (Å²) in [6.45, 7) is 1.63. The van der Waals surface area contributed by atoms with Gasteiger partial charge in [0.2, 0.25) is 5.16 Å². The predicted octanol–water partition coefficient (Wildman–Crippen LogP) is 2.51. The number of H-pyrrole nitrogens is 1. The highest BCUT2D eigenvalue weighted by molar-refractivity contribution is 8.01. The number of aliphatic hydroxyl groups excluding tert-OH is 1. The fourth-order valence-electron chi connectivity index (χ4n) is 1.22. The lowest BCUT2D eigenvalue weighted by atomic mass is 10.2. The molecule has 4 nitrogen and oxygen atoms in total. The van der Waals surface area contributed by atoms with E-state index in [2.05, 4.69) is 15.2 Å². The van der Waals surface area contributed by atoms with Crippen LogP contribution in [0.25, 0.3) is 11.4 Å². The molecule has 0 aliphatic heterocycles. The molecule has 0 aliphatic carbocycles. The number of nitrogens with one attached hydrogen (secondary N) is 1. The van der Waals surface area contributed by atoms with Gasteiger partial charge in [-0.3, -0.25) is 5.10 Å². The molecule has 1 heterocycles. The summed E-state index contributed by atoms with van der Waals surface area (Å²) >= 11 is 7.15. The monoisotopic (exact) mass is 269 g/mol. The molecular formula is C11H12ClN3OS. The lowest BCUT2D eigenvalue weighted by molar-refractivity contribution is 0.211. The molecule has 0 saturated heterocycles. The van der Waals surface area contributed by atoms with Crippen molar-refractivity contribution < 1.29 is 5.11 Å². The number of aromatic amines is 1. The molecule has 0 amide bonds. The van der Waals surface area contributed by atoms with Crippen molar-refractivity contribution in [2.75, 3.05) is 0 Å². The number of hydrogen-bond acceptors (Lipinski definition) is 4. The molecule has 2 unspecified atom stereocenters. The fraction of sp³-hybridized carbons (Fsp3) is 0.273. The van der Waals surface area contributed by atoms with Crippen LogP contribution in [0.15, 0.2) is 35.5 Å². The second-order valence-electron chi connectivity index (χ2n) is 3.54. The summed E-state index contributed by atoms with van der Waals surface area (Å²) < 4.78 is -0.450. The van der Waals surface area contributed by atoms with E-state index >= 15 is 0 Å². The van der Waals surface area contributed by atoms with Gasteiger partial charge < -0.3 is 5.11 Å². The van der Waals surface area contributed by atoms with E-state index in [0.29, 0.717) is 11.0 Å². The number of aliphatic hydroxyl groups is 1. The van der Waals surface area contributed by atoms with Gasteiger partial charge in [-0.25, -0.2) is 4.98 Å². The molecule has 2 atom stereocenters. The molecule has 0 fully saturated rings. The number of hydrogen-bond donors (Lipinski definition) is 2. The Morgan fingerprint density at radius 2 is 2.06 bits per heavy atom. The molecule has 6 heteroatoms. The smallest absolute Gasteiger partial charge is 0.210 e. The molecule has 90 valence electrons. The van der Waals surface area contributed by atoms with Crippen LogP contribution in [-0.2, 0) is 0 Å². The molecule has 0 radical (unpaired) electrons. The van der Waals surface area contributed by atoms with Gasteiger partial charge in [-0.1, -0.05) is 42.1 Å². The van der Waals surface area contributed by atoms with E-state index in [1.165, 1.54) is 11.8 Å². The third kappa shape index (κ3) is 3.21. The Morgan fingerprint density at radius 3 is 2.71 bits per heavy atom. The van der Waals surface area contributed by atoms with E-state index in [9.17, 15) is 5.11 Å². The third-order valence-corrected chi connectivity index (χ3v) is 3.75. The van der Waals surface area contributed by atoms with Gasteiger partial charge >= 0.3 is 0 Å². The normalized spacial score (nSPS) is 14.5. The zero-order valence-corrected chi connectivity index (χ0v) is 10.7. The Labute approximate surface area is 108 Å². The van der Waals surface area contributed by atoms with E-state index in [0.717, 1.165) is 5.56 Å². The van der Waals surface area contributed by atoms with Gasteiger partial charge in [-0.05, 0) is 6.92 Å². The van der Waals surface area contributed by atoms with Crippen LogP contribution in [0.3, 0.4) is 0 Å². The van der Waals surface area contributed by atoms with Crippen molar-refractivity contribution in [1.29, 1.82) is 0 Å². The molecule has 2 N–H and O–H groups in total. The van der Waals surface area contributed by atoms with Crippen molar-refractivity contribution in [3.8, 4) is 11.4 Å². The first-order valence-corrected chi connectivity index (χ1v) is 6.45. The second kappa shape index (κ2) is 5.53. The maximum Gasteiger partial charge on any atom is 0.210 e. The van der Waals surface area contributed by atoms with Gasteiger partial charge in [-0.15, -0.1) is 16.7 Å².